The number of imide groups is 1. The van der Waals surface area contributed by atoms with E-state index in [2.05, 4.69) is 5.32 Å². The molecule has 6 nitrogen and oxygen atoms in total. The van der Waals surface area contributed by atoms with E-state index in [0.29, 0.717) is 22.4 Å². The number of hydrogen-bond donors (Lipinski definition) is 1. The molecule has 2 aromatic rings. The minimum absolute atomic E-state index is 0.133. The summed E-state index contributed by atoms with van der Waals surface area (Å²) in [5.74, 6) is -0.443. The van der Waals surface area contributed by atoms with Gasteiger partial charge in [-0.3, -0.25) is 19.3 Å². The summed E-state index contributed by atoms with van der Waals surface area (Å²) >= 11 is 6.93. The van der Waals surface area contributed by atoms with Gasteiger partial charge in [-0.15, -0.1) is 0 Å². The number of thioether (sulfide) groups is 1. The predicted molar refractivity (Wildman–Crippen MR) is 99.0 cm³/mol. The molecular weight excluding hydrogens is 374 g/mol. The van der Waals surface area contributed by atoms with Gasteiger partial charge in [-0.05, 0) is 35.9 Å². The Bertz CT molecular complexity index is 939. The van der Waals surface area contributed by atoms with Crippen molar-refractivity contribution in [2.24, 2.45) is 0 Å². The van der Waals surface area contributed by atoms with E-state index in [-0.39, 0.29) is 34.4 Å². The van der Waals surface area contributed by atoms with Gasteiger partial charge in [-0.25, -0.2) is 0 Å². The molecule has 1 heterocycles. The number of amides is 3. The van der Waals surface area contributed by atoms with Crippen molar-refractivity contribution in [2.45, 2.75) is 6.54 Å². The zero-order chi connectivity index (χ0) is 18.7. The Morgan fingerprint density at radius 3 is 2.73 bits per heavy atom. The molecule has 3 rings (SSSR count). The fraction of sp³-hybridized carbons (Fsp3) is 0.111. The number of halogens is 1. The van der Waals surface area contributed by atoms with Gasteiger partial charge in [0.05, 0.1) is 22.9 Å². The van der Waals surface area contributed by atoms with Crippen LogP contribution in [-0.2, 0) is 11.3 Å². The maximum atomic E-state index is 12.4. The van der Waals surface area contributed by atoms with E-state index >= 15 is 0 Å². The van der Waals surface area contributed by atoms with Crippen LogP contribution in [0.5, 0.6) is 0 Å². The van der Waals surface area contributed by atoms with Gasteiger partial charge in [0.1, 0.15) is 6.07 Å². The van der Waals surface area contributed by atoms with Crippen molar-refractivity contribution < 1.29 is 14.4 Å². The highest BCUT2D eigenvalue weighted by Gasteiger charge is 2.29. The molecular formula is C18H12ClN3O3S. The van der Waals surface area contributed by atoms with Crippen LogP contribution in [0.25, 0.3) is 0 Å². The van der Waals surface area contributed by atoms with Crippen molar-refractivity contribution in [2.75, 3.05) is 11.1 Å². The van der Waals surface area contributed by atoms with Gasteiger partial charge < -0.3 is 5.32 Å². The first-order valence-corrected chi connectivity index (χ1v) is 8.91. The van der Waals surface area contributed by atoms with Crippen molar-refractivity contribution in [1.82, 2.24) is 4.90 Å². The summed E-state index contributed by atoms with van der Waals surface area (Å²) in [7, 11) is 0. The van der Waals surface area contributed by atoms with Crippen LogP contribution < -0.4 is 5.32 Å². The Morgan fingerprint density at radius 2 is 2.08 bits per heavy atom. The van der Waals surface area contributed by atoms with E-state index in [9.17, 15) is 14.4 Å². The van der Waals surface area contributed by atoms with E-state index in [4.69, 9.17) is 16.9 Å². The van der Waals surface area contributed by atoms with Crippen LogP contribution in [0.3, 0.4) is 0 Å². The molecule has 8 heteroatoms. The second-order valence-corrected chi connectivity index (χ2v) is 6.83. The molecule has 1 aliphatic rings. The molecule has 130 valence electrons. The molecule has 3 amide bonds. The van der Waals surface area contributed by atoms with Crippen LogP contribution in [0.4, 0.5) is 10.5 Å². The molecule has 1 saturated heterocycles. The lowest BCUT2D eigenvalue weighted by atomic mass is 10.1. The van der Waals surface area contributed by atoms with E-state index in [1.807, 2.05) is 6.07 Å². The first-order chi connectivity index (χ1) is 12.5. The van der Waals surface area contributed by atoms with Crippen LogP contribution in [0.15, 0.2) is 42.5 Å². The molecule has 0 radical (unpaired) electrons. The van der Waals surface area contributed by atoms with E-state index in [0.717, 1.165) is 11.8 Å². The summed E-state index contributed by atoms with van der Waals surface area (Å²) in [5.41, 5.74) is 1.85. The van der Waals surface area contributed by atoms with Crippen molar-refractivity contribution in [3.63, 3.8) is 0 Å². The van der Waals surface area contributed by atoms with Crippen molar-refractivity contribution >= 4 is 46.1 Å². The molecule has 1 fully saturated rings. The summed E-state index contributed by atoms with van der Waals surface area (Å²) in [6.07, 6.45) is 0. The second-order valence-electron chi connectivity index (χ2n) is 5.50. The van der Waals surface area contributed by atoms with Crippen LogP contribution in [0.2, 0.25) is 5.02 Å². The van der Waals surface area contributed by atoms with Gasteiger partial charge in [0, 0.05) is 11.3 Å². The number of benzene rings is 2. The molecule has 0 saturated carbocycles. The number of carbonyl (C=O) groups excluding carboxylic acids is 3. The van der Waals surface area contributed by atoms with Gasteiger partial charge in [0.2, 0.25) is 5.91 Å². The van der Waals surface area contributed by atoms with Crippen molar-refractivity contribution in [1.29, 1.82) is 5.26 Å². The minimum Gasteiger partial charge on any atom is -0.322 e. The molecule has 0 spiro atoms. The summed E-state index contributed by atoms with van der Waals surface area (Å²) in [4.78, 5) is 37.0. The average molecular weight is 386 g/mol. The smallest absolute Gasteiger partial charge is 0.289 e. The Morgan fingerprint density at radius 1 is 1.27 bits per heavy atom. The van der Waals surface area contributed by atoms with Crippen molar-refractivity contribution in [3.05, 3.63) is 64.2 Å². The van der Waals surface area contributed by atoms with Gasteiger partial charge in [0.15, 0.2) is 0 Å². The summed E-state index contributed by atoms with van der Waals surface area (Å²) in [6.45, 7) is 0.133. The number of anilines is 1. The number of nitrogens with one attached hydrogen (secondary N) is 1. The predicted octanol–water partition coefficient (Wildman–Crippen LogP) is 3.66. The fourth-order valence-electron chi connectivity index (χ4n) is 2.41. The van der Waals surface area contributed by atoms with Gasteiger partial charge in [-0.1, -0.05) is 35.5 Å². The third-order valence-corrected chi connectivity index (χ3v) is 4.89. The van der Waals surface area contributed by atoms with Gasteiger partial charge >= 0.3 is 0 Å². The Kier molecular flexibility index (Phi) is 5.26. The fourth-order valence-corrected chi connectivity index (χ4v) is 3.36. The van der Waals surface area contributed by atoms with E-state index in [1.54, 1.807) is 30.3 Å². The number of rotatable bonds is 4. The van der Waals surface area contributed by atoms with E-state index < -0.39 is 0 Å². The lowest BCUT2D eigenvalue weighted by molar-refractivity contribution is -0.125. The minimum atomic E-state index is -0.360. The van der Waals surface area contributed by atoms with Crippen LogP contribution in [0, 0.1) is 11.3 Å². The normalized spacial score (nSPS) is 13.6. The molecule has 0 aromatic heterocycles. The Labute approximate surface area is 158 Å². The van der Waals surface area contributed by atoms with Crippen molar-refractivity contribution in [3.8, 4) is 6.07 Å². The number of nitrogens with zero attached hydrogens (tertiary/aromatic N) is 2. The quantitative estimate of drug-likeness (QED) is 0.867. The molecule has 1 N–H and O–H groups in total. The van der Waals surface area contributed by atoms with Crippen LogP contribution in [0.1, 0.15) is 21.5 Å². The molecule has 1 aliphatic heterocycles. The standard InChI is InChI=1S/C18H12ClN3O3S/c19-15-7-14(5-4-13(15)8-20)21-17(24)12-3-1-2-11(6-12)9-22-16(23)10-26-18(22)25/h1-7H,9-10H2,(H,21,24). The lowest BCUT2D eigenvalue weighted by Gasteiger charge is -2.13. The first kappa shape index (κ1) is 18.0. The summed E-state index contributed by atoms with van der Waals surface area (Å²) < 4.78 is 0. The molecule has 0 bridgehead atoms. The second kappa shape index (κ2) is 7.60. The third-order valence-electron chi connectivity index (χ3n) is 3.72. The molecule has 0 unspecified atom stereocenters. The number of hydrogen-bond acceptors (Lipinski definition) is 5. The van der Waals surface area contributed by atoms with E-state index in [1.165, 1.54) is 17.0 Å². The maximum Gasteiger partial charge on any atom is 0.289 e. The lowest BCUT2D eigenvalue weighted by Crippen LogP contribution is -2.28. The summed E-state index contributed by atoms with van der Waals surface area (Å²) in [5, 5.41) is 11.6. The molecule has 2 aromatic carbocycles. The zero-order valence-electron chi connectivity index (χ0n) is 13.4. The highest BCUT2D eigenvalue weighted by atomic mass is 35.5. The maximum absolute atomic E-state index is 12.4. The third kappa shape index (κ3) is 3.87. The summed E-state index contributed by atoms with van der Waals surface area (Å²) in [6, 6.07) is 13.3. The Hall–Kier alpha value is -2.82. The molecule has 0 atom stereocenters. The molecule has 26 heavy (non-hydrogen) atoms. The largest absolute Gasteiger partial charge is 0.322 e. The highest BCUT2D eigenvalue weighted by Crippen LogP contribution is 2.23. The van der Waals surface area contributed by atoms with Crippen LogP contribution in [-0.4, -0.2) is 27.7 Å². The highest BCUT2D eigenvalue weighted by molar-refractivity contribution is 8.14. The first-order valence-electron chi connectivity index (χ1n) is 7.55. The molecule has 0 aliphatic carbocycles. The number of carbonyl (C=O) groups is 3. The topological polar surface area (TPSA) is 90.3 Å². The monoisotopic (exact) mass is 385 g/mol. The average Bonchev–Trinajstić information content (AvgIpc) is 2.94. The number of nitriles is 1. The Balaban J connectivity index is 1.74. The van der Waals surface area contributed by atoms with Gasteiger partial charge in [0.25, 0.3) is 11.1 Å². The SMILES string of the molecule is N#Cc1ccc(NC(=O)c2cccc(CN3C(=O)CSC3=O)c2)cc1Cl. The zero-order valence-corrected chi connectivity index (χ0v) is 14.9. The van der Waals surface area contributed by atoms with Crippen LogP contribution >= 0.6 is 23.4 Å². The van der Waals surface area contributed by atoms with Gasteiger partial charge in [-0.2, -0.15) is 5.26 Å².